The van der Waals surface area contributed by atoms with E-state index < -0.39 is 23.2 Å². The van der Waals surface area contributed by atoms with Crippen LogP contribution >= 0.6 is 11.8 Å². The molecule has 0 saturated heterocycles. The van der Waals surface area contributed by atoms with Gasteiger partial charge in [-0.25, -0.2) is 9.36 Å². The second kappa shape index (κ2) is 9.30. The second-order valence-electron chi connectivity index (χ2n) is 7.19. The molecule has 1 amide bonds. The summed E-state index contributed by atoms with van der Waals surface area (Å²) in [6.07, 6.45) is 1.89. The van der Waals surface area contributed by atoms with Crippen molar-refractivity contribution in [3.63, 3.8) is 0 Å². The summed E-state index contributed by atoms with van der Waals surface area (Å²) >= 11 is 1.54. The Labute approximate surface area is 182 Å². The number of amides is 1. The Kier molecular flexibility index (Phi) is 6.31. The summed E-state index contributed by atoms with van der Waals surface area (Å²) in [6.45, 7) is 0.493. The van der Waals surface area contributed by atoms with Gasteiger partial charge in [-0.1, -0.05) is 24.3 Å². The molecule has 162 valence electrons. The first-order valence-corrected chi connectivity index (χ1v) is 11.4. The van der Waals surface area contributed by atoms with Gasteiger partial charge in [0.05, 0.1) is 17.4 Å². The van der Waals surface area contributed by atoms with Crippen LogP contribution in [0.5, 0.6) is 11.5 Å². The highest BCUT2D eigenvalue weighted by molar-refractivity contribution is 7.98. The number of nitrogens with one attached hydrogen (secondary N) is 2. The van der Waals surface area contributed by atoms with Crippen molar-refractivity contribution in [1.82, 2.24) is 14.9 Å². The van der Waals surface area contributed by atoms with Gasteiger partial charge >= 0.3 is 5.69 Å². The van der Waals surface area contributed by atoms with Gasteiger partial charge in [0, 0.05) is 0 Å². The van der Waals surface area contributed by atoms with E-state index in [-0.39, 0.29) is 12.6 Å². The predicted molar refractivity (Wildman–Crippen MR) is 120 cm³/mol. The van der Waals surface area contributed by atoms with Gasteiger partial charge in [-0.2, -0.15) is 11.8 Å². The highest BCUT2D eigenvalue weighted by atomic mass is 32.2. The van der Waals surface area contributed by atoms with Crippen molar-refractivity contribution in [2.24, 2.45) is 0 Å². The van der Waals surface area contributed by atoms with E-state index in [4.69, 9.17) is 9.47 Å². The molecule has 0 saturated carbocycles. The van der Waals surface area contributed by atoms with Crippen molar-refractivity contribution in [2.45, 2.75) is 18.6 Å². The number of ether oxygens (including phenoxy) is 2. The van der Waals surface area contributed by atoms with Gasteiger partial charge in [-0.3, -0.25) is 9.59 Å². The van der Waals surface area contributed by atoms with Crippen LogP contribution in [-0.2, 0) is 4.79 Å². The average Bonchev–Trinajstić information content (AvgIpc) is 2.79. The third-order valence-electron chi connectivity index (χ3n) is 5.12. The number of H-pyrrole nitrogens is 1. The number of hydrogen-bond donors (Lipinski definition) is 2. The number of para-hydroxylation sites is 3. The van der Waals surface area contributed by atoms with Crippen molar-refractivity contribution in [1.29, 1.82) is 0 Å². The molecule has 2 N–H and O–H groups in total. The largest absolute Gasteiger partial charge is 0.486 e. The summed E-state index contributed by atoms with van der Waals surface area (Å²) < 4.78 is 12.6. The summed E-state index contributed by atoms with van der Waals surface area (Å²) in [5, 5.41) is 3.19. The van der Waals surface area contributed by atoms with E-state index in [0.717, 1.165) is 4.57 Å². The average molecular weight is 442 g/mol. The molecular weight excluding hydrogens is 418 g/mol. The third-order valence-corrected chi connectivity index (χ3v) is 5.76. The Morgan fingerprint density at radius 2 is 1.94 bits per heavy atom. The van der Waals surface area contributed by atoms with Crippen molar-refractivity contribution in [3.05, 3.63) is 69.4 Å². The van der Waals surface area contributed by atoms with Crippen molar-refractivity contribution in [2.75, 3.05) is 25.2 Å². The van der Waals surface area contributed by atoms with Gasteiger partial charge in [0.25, 0.3) is 5.56 Å². The summed E-state index contributed by atoms with van der Waals surface area (Å²) in [6, 6.07) is 13.2. The minimum atomic E-state index is -0.926. The Balaban J connectivity index is 1.55. The van der Waals surface area contributed by atoms with E-state index in [1.54, 1.807) is 42.1 Å². The number of thioether (sulfide) groups is 1. The van der Waals surface area contributed by atoms with E-state index in [0.29, 0.717) is 41.2 Å². The lowest BCUT2D eigenvalue weighted by atomic mass is 10.1. The Hall–Kier alpha value is -3.20. The van der Waals surface area contributed by atoms with E-state index >= 15 is 0 Å². The first-order chi connectivity index (χ1) is 15.1. The van der Waals surface area contributed by atoms with Crippen LogP contribution in [0, 0.1) is 0 Å². The van der Waals surface area contributed by atoms with Gasteiger partial charge in [0.2, 0.25) is 5.91 Å². The van der Waals surface area contributed by atoms with Crippen molar-refractivity contribution < 1.29 is 14.3 Å². The SMILES string of the molecule is CSCC[C@@H](C(=O)NC[C@H]1COc2ccccc2O1)n1c(=O)[nH]c2ccccc2c1=O. The summed E-state index contributed by atoms with van der Waals surface area (Å²) in [5.41, 5.74) is -0.632. The molecule has 0 radical (unpaired) electrons. The van der Waals surface area contributed by atoms with Crippen LogP contribution in [0.25, 0.3) is 10.9 Å². The quantitative estimate of drug-likeness (QED) is 0.581. The van der Waals surface area contributed by atoms with Gasteiger partial charge in [-0.05, 0) is 42.7 Å². The van der Waals surface area contributed by atoms with Crippen LogP contribution < -0.4 is 26.0 Å². The van der Waals surface area contributed by atoms with Gasteiger partial charge in [0.15, 0.2) is 11.5 Å². The highest BCUT2D eigenvalue weighted by Gasteiger charge is 2.27. The van der Waals surface area contributed by atoms with Crippen LogP contribution in [0.4, 0.5) is 0 Å². The first kappa shape index (κ1) is 21.0. The van der Waals surface area contributed by atoms with E-state index in [9.17, 15) is 14.4 Å². The molecule has 0 aliphatic carbocycles. The molecule has 3 aromatic rings. The summed E-state index contributed by atoms with van der Waals surface area (Å²) in [5.74, 6) is 1.50. The van der Waals surface area contributed by atoms with Crippen LogP contribution in [0.15, 0.2) is 58.1 Å². The van der Waals surface area contributed by atoms with Crippen LogP contribution in [0.1, 0.15) is 12.5 Å². The van der Waals surface area contributed by atoms with Crippen LogP contribution in [-0.4, -0.2) is 46.7 Å². The summed E-state index contributed by atoms with van der Waals surface area (Å²) in [7, 11) is 0. The fourth-order valence-corrected chi connectivity index (χ4v) is 4.02. The molecule has 1 aromatic heterocycles. The van der Waals surface area contributed by atoms with E-state index in [1.165, 1.54) is 0 Å². The van der Waals surface area contributed by atoms with Crippen molar-refractivity contribution >= 4 is 28.6 Å². The molecule has 2 heterocycles. The lowest BCUT2D eigenvalue weighted by Gasteiger charge is -2.27. The fraction of sp³-hybridized carbons (Fsp3) is 0.318. The third kappa shape index (κ3) is 4.46. The van der Waals surface area contributed by atoms with Crippen LogP contribution in [0.2, 0.25) is 0 Å². The van der Waals surface area contributed by atoms with E-state index in [2.05, 4.69) is 10.3 Å². The maximum absolute atomic E-state index is 13.0. The molecule has 8 nitrogen and oxygen atoms in total. The zero-order valence-electron chi connectivity index (χ0n) is 17.0. The topological polar surface area (TPSA) is 102 Å². The maximum Gasteiger partial charge on any atom is 0.329 e. The Morgan fingerprint density at radius 1 is 1.19 bits per heavy atom. The fourth-order valence-electron chi connectivity index (χ4n) is 3.56. The molecule has 9 heteroatoms. The lowest BCUT2D eigenvalue weighted by molar-refractivity contribution is -0.125. The zero-order valence-corrected chi connectivity index (χ0v) is 17.8. The molecule has 0 fully saturated rings. The second-order valence-corrected chi connectivity index (χ2v) is 8.18. The Bertz CT molecular complexity index is 1210. The van der Waals surface area contributed by atoms with Gasteiger partial charge in [-0.15, -0.1) is 0 Å². The van der Waals surface area contributed by atoms with Gasteiger partial charge < -0.3 is 19.8 Å². The number of fused-ring (bicyclic) bond motifs is 2. The molecule has 1 aliphatic rings. The van der Waals surface area contributed by atoms with E-state index in [1.807, 2.05) is 24.5 Å². The first-order valence-electron chi connectivity index (χ1n) is 9.97. The molecule has 1 aliphatic heterocycles. The number of nitrogens with zero attached hydrogens (tertiary/aromatic N) is 1. The molecular formula is C22H23N3O5S. The lowest BCUT2D eigenvalue weighted by Crippen LogP contribution is -2.47. The van der Waals surface area contributed by atoms with Crippen LogP contribution in [0.3, 0.4) is 0 Å². The number of aromatic nitrogens is 2. The molecule has 31 heavy (non-hydrogen) atoms. The zero-order chi connectivity index (χ0) is 21.8. The smallest absolute Gasteiger partial charge is 0.329 e. The summed E-state index contributed by atoms with van der Waals surface area (Å²) in [4.78, 5) is 41.4. The number of carbonyl (C=O) groups is 1. The monoisotopic (exact) mass is 441 g/mol. The maximum atomic E-state index is 13.0. The minimum Gasteiger partial charge on any atom is -0.486 e. The highest BCUT2D eigenvalue weighted by Crippen LogP contribution is 2.30. The normalized spacial score (nSPS) is 16.1. The molecule has 4 rings (SSSR count). The number of carbonyl (C=O) groups excluding carboxylic acids is 1. The molecule has 0 spiro atoms. The van der Waals surface area contributed by atoms with Crippen molar-refractivity contribution in [3.8, 4) is 11.5 Å². The number of benzene rings is 2. The minimum absolute atomic E-state index is 0.198. The molecule has 0 unspecified atom stereocenters. The standard InChI is InChI=1S/C22H23N3O5S/c1-31-11-10-17(25-21(27)15-6-2-3-7-16(15)24-22(25)28)20(26)23-12-14-13-29-18-8-4-5-9-19(18)30-14/h2-9,14,17H,10-13H2,1H3,(H,23,26)(H,24,28)/t14-,17-/m0/s1. The Morgan fingerprint density at radius 3 is 2.74 bits per heavy atom. The molecule has 0 bridgehead atoms. The molecule has 2 aromatic carbocycles. The van der Waals surface area contributed by atoms with Gasteiger partial charge in [0.1, 0.15) is 18.8 Å². The molecule has 2 atom stereocenters. The number of rotatable bonds is 7. The number of hydrogen-bond acceptors (Lipinski definition) is 6. The number of aromatic amines is 1. The predicted octanol–water partition coefficient (Wildman–Crippen LogP) is 1.94.